The van der Waals surface area contributed by atoms with E-state index in [1.54, 1.807) is 12.1 Å². The van der Waals surface area contributed by atoms with Crippen molar-refractivity contribution in [1.82, 2.24) is 9.55 Å². The summed E-state index contributed by atoms with van der Waals surface area (Å²) in [5.74, 6) is -0.244. The number of fused-ring (bicyclic) bond motifs is 1. The highest BCUT2D eigenvalue weighted by atomic mass is 79.9. The lowest BCUT2D eigenvalue weighted by Crippen LogP contribution is -2.10. The van der Waals surface area contributed by atoms with Gasteiger partial charge in [0, 0.05) is 12.6 Å². The van der Waals surface area contributed by atoms with Gasteiger partial charge in [-0.15, -0.1) is 0 Å². The van der Waals surface area contributed by atoms with E-state index in [0.29, 0.717) is 14.7 Å². The van der Waals surface area contributed by atoms with Gasteiger partial charge in [-0.25, -0.2) is 4.39 Å². The van der Waals surface area contributed by atoms with Crippen molar-refractivity contribution >= 4 is 39.2 Å². The van der Waals surface area contributed by atoms with Gasteiger partial charge in [0.15, 0.2) is 4.77 Å². The monoisotopic (exact) mass is 328 g/mol. The van der Waals surface area contributed by atoms with Gasteiger partial charge in [0.25, 0.3) is 0 Å². The number of rotatable bonds is 3. The number of nitrogens with zero attached hydrogens (tertiary/aromatic N) is 1. The summed E-state index contributed by atoms with van der Waals surface area (Å²) in [5, 5.41) is 0. The molecule has 0 spiro atoms. The average Bonchev–Trinajstić information content (AvgIpc) is 3.05. The lowest BCUT2D eigenvalue weighted by Gasteiger charge is -2.14. The van der Waals surface area contributed by atoms with E-state index >= 15 is 0 Å². The second kappa shape index (κ2) is 4.17. The number of H-pyrrole nitrogens is 1. The molecule has 1 aliphatic rings. The zero-order valence-electron chi connectivity index (χ0n) is 10.1. The Morgan fingerprint density at radius 1 is 1.50 bits per heavy atom. The van der Waals surface area contributed by atoms with Crippen molar-refractivity contribution in [3.05, 3.63) is 27.2 Å². The first-order chi connectivity index (χ1) is 8.54. The van der Waals surface area contributed by atoms with Crippen molar-refractivity contribution < 1.29 is 4.39 Å². The SMILES string of the molecule is CCC1(Cn2c(=S)[nH]c3cc(Br)c(F)cc32)CC1. The van der Waals surface area contributed by atoms with Crippen molar-refractivity contribution in [1.29, 1.82) is 0 Å². The van der Waals surface area contributed by atoms with Crippen LogP contribution < -0.4 is 0 Å². The molecule has 1 aliphatic carbocycles. The third-order valence-electron chi connectivity index (χ3n) is 4.02. The highest BCUT2D eigenvalue weighted by molar-refractivity contribution is 9.10. The molecule has 5 heteroatoms. The molecule has 0 radical (unpaired) electrons. The van der Waals surface area contributed by atoms with Gasteiger partial charge in [0.05, 0.1) is 15.5 Å². The van der Waals surface area contributed by atoms with Gasteiger partial charge >= 0.3 is 0 Å². The predicted octanol–water partition coefficient (Wildman–Crippen LogP) is 4.79. The molecule has 2 nitrogen and oxygen atoms in total. The maximum atomic E-state index is 13.7. The van der Waals surface area contributed by atoms with E-state index in [9.17, 15) is 4.39 Å². The Morgan fingerprint density at radius 3 is 2.83 bits per heavy atom. The van der Waals surface area contributed by atoms with E-state index in [2.05, 4.69) is 27.8 Å². The van der Waals surface area contributed by atoms with Crippen molar-refractivity contribution in [2.24, 2.45) is 5.41 Å². The quantitative estimate of drug-likeness (QED) is 0.803. The average molecular weight is 329 g/mol. The van der Waals surface area contributed by atoms with E-state index in [4.69, 9.17) is 12.2 Å². The first-order valence-corrected chi connectivity index (χ1v) is 7.32. The van der Waals surface area contributed by atoms with Crippen molar-refractivity contribution in [2.45, 2.75) is 32.7 Å². The number of halogens is 2. The van der Waals surface area contributed by atoms with Gasteiger partial charge < -0.3 is 9.55 Å². The van der Waals surface area contributed by atoms with Gasteiger partial charge in [-0.3, -0.25) is 0 Å². The van der Waals surface area contributed by atoms with Gasteiger partial charge in [-0.1, -0.05) is 6.92 Å². The van der Waals surface area contributed by atoms with E-state index < -0.39 is 0 Å². The molecular formula is C13H14BrFN2S. The number of hydrogen-bond acceptors (Lipinski definition) is 1. The van der Waals surface area contributed by atoms with Crippen LogP contribution in [0, 0.1) is 16.0 Å². The smallest absolute Gasteiger partial charge is 0.178 e. The molecule has 3 rings (SSSR count). The fraction of sp³-hybridized carbons (Fsp3) is 0.462. The highest BCUT2D eigenvalue weighted by Crippen LogP contribution is 2.50. The fourth-order valence-corrected chi connectivity index (χ4v) is 3.06. The van der Waals surface area contributed by atoms with E-state index in [-0.39, 0.29) is 5.82 Å². The van der Waals surface area contributed by atoms with Crippen LogP contribution in [0.2, 0.25) is 0 Å². The lowest BCUT2D eigenvalue weighted by atomic mass is 10.0. The van der Waals surface area contributed by atoms with Crippen LogP contribution in [0.15, 0.2) is 16.6 Å². The molecule has 96 valence electrons. The van der Waals surface area contributed by atoms with E-state index in [1.165, 1.54) is 12.8 Å². The number of aromatic nitrogens is 2. The molecule has 1 saturated carbocycles. The Balaban J connectivity index is 2.13. The summed E-state index contributed by atoms with van der Waals surface area (Å²) in [7, 11) is 0. The Bertz CT molecular complexity index is 669. The van der Waals surface area contributed by atoms with Crippen LogP contribution in [0.4, 0.5) is 4.39 Å². The number of aromatic amines is 1. The summed E-state index contributed by atoms with van der Waals surface area (Å²) >= 11 is 8.55. The standard InChI is InChI=1S/C13H14BrFN2S/c1-2-13(3-4-13)7-17-11-6-9(15)8(14)5-10(11)16-12(17)18/h5-6H,2-4,7H2,1H3,(H,16,18). The molecule has 1 N–H and O–H groups in total. The third-order valence-corrected chi connectivity index (χ3v) is 4.95. The molecular weight excluding hydrogens is 315 g/mol. The maximum Gasteiger partial charge on any atom is 0.178 e. The molecule has 1 aromatic heterocycles. The van der Waals surface area contributed by atoms with E-state index in [1.807, 2.05) is 4.57 Å². The van der Waals surface area contributed by atoms with Crippen LogP contribution in [-0.2, 0) is 6.54 Å². The van der Waals surface area contributed by atoms with Crippen molar-refractivity contribution in [3.8, 4) is 0 Å². The molecule has 0 amide bonds. The van der Waals surface area contributed by atoms with Gasteiger partial charge in [0.1, 0.15) is 5.82 Å². The minimum absolute atomic E-state index is 0.244. The third kappa shape index (κ3) is 1.93. The summed E-state index contributed by atoms with van der Waals surface area (Å²) < 4.78 is 16.8. The minimum Gasteiger partial charge on any atom is -0.331 e. The van der Waals surface area contributed by atoms with Gasteiger partial charge in [-0.2, -0.15) is 0 Å². The number of benzene rings is 1. The maximum absolute atomic E-state index is 13.7. The Hall–Kier alpha value is -0.680. The number of hydrogen-bond donors (Lipinski definition) is 1. The van der Waals surface area contributed by atoms with E-state index in [0.717, 1.165) is 24.0 Å². The summed E-state index contributed by atoms with van der Waals surface area (Å²) in [4.78, 5) is 3.15. The normalized spacial score (nSPS) is 17.3. The zero-order chi connectivity index (χ0) is 12.9. The lowest BCUT2D eigenvalue weighted by molar-refractivity contribution is 0.412. The van der Waals surface area contributed by atoms with Crippen molar-refractivity contribution in [2.75, 3.05) is 0 Å². The molecule has 1 heterocycles. The summed E-state index contributed by atoms with van der Waals surface area (Å²) in [5.41, 5.74) is 2.14. The van der Waals surface area contributed by atoms with Crippen LogP contribution in [0.25, 0.3) is 11.0 Å². The topological polar surface area (TPSA) is 20.7 Å². The highest BCUT2D eigenvalue weighted by Gasteiger charge is 2.41. The first-order valence-electron chi connectivity index (χ1n) is 6.12. The number of imidazole rings is 1. The van der Waals surface area contributed by atoms with Crippen LogP contribution in [-0.4, -0.2) is 9.55 Å². The summed E-state index contributed by atoms with van der Waals surface area (Å²) in [6.45, 7) is 3.10. The molecule has 0 atom stereocenters. The molecule has 0 aliphatic heterocycles. The predicted molar refractivity (Wildman–Crippen MR) is 76.7 cm³/mol. The summed E-state index contributed by atoms with van der Waals surface area (Å²) in [6, 6.07) is 3.31. The molecule has 1 fully saturated rings. The summed E-state index contributed by atoms with van der Waals surface area (Å²) in [6.07, 6.45) is 3.65. The second-order valence-electron chi connectivity index (χ2n) is 5.15. The molecule has 0 bridgehead atoms. The Kier molecular flexibility index (Phi) is 2.86. The second-order valence-corrected chi connectivity index (χ2v) is 6.39. The number of nitrogens with one attached hydrogen (secondary N) is 1. The Morgan fingerprint density at radius 2 is 2.22 bits per heavy atom. The van der Waals surface area contributed by atoms with Crippen LogP contribution in [0.1, 0.15) is 26.2 Å². The van der Waals surface area contributed by atoms with Crippen LogP contribution >= 0.6 is 28.1 Å². The minimum atomic E-state index is -0.244. The molecule has 0 saturated heterocycles. The largest absolute Gasteiger partial charge is 0.331 e. The fourth-order valence-electron chi connectivity index (χ4n) is 2.44. The van der Waals surface area contributed by atoms with Gasteiger partial charge in [-0.05, 0) is 58.9 Å². The van der Waals surface area contributed by atoms with Crippen molar-refractivity contribution in [3.63, 3.8) is 0 Å². The molecule has 2 aromatic rings. The van der Waals surface area contributed by atoms with Gasteiger partial charge in [0.2, 0.25) is 0 Å². The Labute approximate surface area is 118 Å². The zero-order valence-corrected chi connectivity index (χ0v) is 12.5. The molecule has 1 aromatic carbocycles. The molecule has 0 unspecified atom stereocenters. The van der Waals surface area contributed by atoms with Crippen LogP contribution in [0.3, 0.4) is 0 Å². The first kappa shape index (κ1) is 12.4. The van der Waals surface area contributed by atoms with Crippen LogP contribution in [0.5, 0.6) is 0 Å². The molecule has 18 heavy (non-hydrogen) atoms.